The van der Waals surface area contributed by atoms with E-state index in [2.05, 4.69) is 20.7 Å². The third kappa shape index (κ3) is 8.32. The summed E-state index contributed by atoms with van der Waals surface area (Å²) in [7, 11) is -3.12. The summed E-state index contributed by atoms with van der Waals surface area (Å²) in [5, 5.41) is 10.3. The molecule has 9 heteroatoms. The van der Waals surface area contributed by atoms with Crippen molar-refractivity contribution < 1.29 is 8.42 Å². The third-order valence-corrected chi connectivity index (χ3v) is 5.92. The number of aryl methyl sites for hydroxylation is 1. The number of sulfone groups is 1. The highest BCUT2D eigenvalue weighted by atomic mass is 127. The molecule has 1 aromatic heterocycles. The first-order valence-corrected chi connectivity index (χ1v) is 9.63. The second-order valence-corrected chi connectivity index (χ2v) is 9.10. The molecular weight excluding hydrogens is 441 g/mol. The minimum absolute atomic E-state index is 0. The van der Waals surface area contributed by atoms with Gasteiger partial charge >= 0.3 is 0 Å². The number of halogens is 1. The molecule has 1 aromatic rings. The van der Waals surface area contributed by atoms with Crippen LogP contribution >= 0.6 is 24.0 Å². The fraction of sp³-hybridized carbons (Fsp3) is 0.733. The minimum Gasteiger partial charge on any atom is -0.357 e. The molecule has 0 unspecified atom stereocenters. The van der Waals surface area contributed by atoms with Crippen LogP contribution in [-0.4, -0.2) is 54.3 Å². The summed E-state index contributed by atoms with van der Waals surface area (Å²) in [5.74, 6) is 0.742. The molecular formula is C15H30IN5O2S. The first-order chi connectivity index (χ1) is 10.8. The zero-order valence-electron chi connectivity index (χ0n) is 14.9. The van der Waals surface area contributed by atoms with E-state index >= 15 is 0 Å². The lowest BCUT2D eigenvalue weighted by atomic mass is 10.3. The van der Waals surface area contributed by atoms with Gasteiger partial charge in [-0.15, -0.1) is 24.0 Å². The molecule has 24 heavy (non-hydrogen) atoms. The van der Waals surface area contributed by atoms with Crippen LogP contribution in [0.5, 0.6) is 0 Å². The Morgan fingerprint density at radius 2 is 2.00 bits per heavy atom. The number of rotatable bonds is 8. The number of aromatic nitrogens is 2. The summed E-state index contributed by atoms with van der Waals surface area (Å²) in [6.45, 7) is 9.69. The van der Waals surface area contributed by atoms with E-state index < -0.39 is 14.6 Å². The summed E-state index contributed by atoms with van der Waals surface area (Å²) in [6.07, 6.45) is 4.55. The Balaban J connectivity index is 0.00000529. The maximum atomic E-state index is 12.1. The molecule has 0 radical (unpaired) electrons. The molecule has 0 fully saturated rings. The van der Waals surface area contributed by atoms with E-state index in [9.17, 15) is 8.42 Å². The largest absolute Gasteiger partial charge is 0.357 e. The van der Waals surface area contributed by atoms with Gasteiger partial charge in [-0.25, -0.2) is 8.42 Å². The van der Waals surface area contributed by atoms with E-state index in [-0.39, 0.29) is 29.7 Å². The zero-order valence-corrected chi connectivity index (χ0v) is 18.1. The molecule has 2 N–H and O–H groups in total. The van der Waals surface area contributed by atoms with Gasteiger partial charge in [0, 0.05) is 38.6 Å². The molecule has 0 amide bonds. The second-order valence-electron chi connectivity index (χ2n) is 6.24. The first kappa shape index (κ1) is 23.2. The molecule has 1 rings (SSSR count). The number of nitrogens with zero attached hydrogens (tertiary/aromatic N) is 3. The molecule has 1 heterocycles. The van der Waals surface area contributed by atoms with Gasteiger partial charge in [0.05, 0.1) is 10.5 Å². The highest BCUT2D eigenvalue weighted by Gasteiger charge is 2.28. The molecule has 0 aliphatic carbocycles. The smallest absolute Gasteiger partial charge is 0.191 e. The van der Waals surface area contributed by atoms with Gasteiger partial charge < -0.3 is 10.6 Å². The van der Waals surface area contributed by atoms with Crippen molar-refractivity contribution in [2.45, 2.75) is 45.4 Å². The predicted molar refractivity (Wildman–Crippen MR) is 110 cm³/mol. The van der Waals surface area contributed by atoms with Crippen molar-refractivity contribution in [1.82, 2.24) is 20.4 Å². The summed E-state index contributed by atoms with van der Waals surface area (Å²) in [6, 6.07) is 1.89. The summed E-state index contributed by atoms with van der Waals surface area (Å²) in [4.78, 5) is 4.45. The zero-order chi connectivity index (χ0) is 17.3. The van der Waals surface area contributed by atoms with Crippen molar-refractivity contribution in [1.29, 1.82) is 0 Å². The predicted octanol–water partition coefficient (Wildman–Crippen LogP) is 1.66. The van der Waals surface area contributed by atoms with Crippen molar-refractivity contribution in [2.24, 2.45) is 4.99 Å². The van der Waals surface area contributed by atoms with Crippen LogP contribution in [0.3, 0.4) is 0 Å². The first-order valence-electron chi connectivity index (χ1n) is 7.98. The number of aliphatic imine (C=N–C) groups is 1. The van der Waals surface area contributed by atoms with Gasteiger partial charge in [-0.1, -0.05) is 0 Å². The van der Waals surface area contributed by atoms with E-state index in [0.717, 1.165) is 19.5 Å². The van der Waals surface area contributed by atoms with Crippen LogP contribution in [0, 0.1) is 0 Å². The van der Waals surface area contributed by atoms with Crippen LogP contribution in [0.1, 0.15) is 34.1 Å². The Labute approximate surface area is 162 Å². The van der Waals surface area contributed by atoms with Crippen molar-refractivity contribution >= 4 is 39.8 Å². The van der Waals surface area contributed by atoms with Gasteiger partial charge in [0.1, 0.15) is 0 Å². The summed E-state index contributed by atoms with van der Waals surface area (Å²) in [5.41, 5.74) is 0. The second kappa shape index (κ2) is 10.9. The van der Waals surface area contributed by atoms with E-state index in [1.54, 1.807) is 27.0 Å². The van der Waals surface area contributed by atoms with Gasteiger partial charge in [-0.3, -0.25) is 9.67 Å². The van der Waals surface area contributed by atoms with Crippen LogP contribution < -0.4 is 10.6 Å². The van der Waals surface area contributed by atoms with Gasteiger partial charge in [-0.2, -0.15) is 5.10 Å². The van der Waals surface area contributed by atoms with E-state index in [1.165, 1.54) is 0 Å². The van der Waals surface area contributed by atoms with Crippen LogP contribution in [0.25, 0.3) is 0 Å². The molecule has 140 valence electrons. The van der Waals surface area contributed by atoms with Crippen molar-refractivity contribution in [3.63, 3.8) is 0 Å². The lowest BCUT2D eigenvalue weighted by Crippen LogP contribution is -2.41. The Hall–Kier alpha value is -0.840. The third-order valence-electron chi connectivity index (χ3n) is 3.31. The monoisotopic (exact) mass is 471 g/mol. The Kier molecular flexibility index (Phi) is 10.5. The molecule has 0 saturated carbocycles. The van der Waals surface area contributed by atoms with Crippen LogP contribution in [-0.2, 0) is 16.4 Å². The van der Waals surface area contributed by atoms with Crippen molar-refractivity contribution in [3.8, 4) is 0 Å². The van der Waals surface area contributed by atoms with Crippen LogP contribution in [0.2, 0.25) is 0 Å². The van der Waals surface area contributed by atoms with Crippen molar-refractivity contribution in [2.75, 3.05) is 25.4 Å². The molecule has 0 atom stereocenters. The average molecular weight is 471 g/mol. The number of hydrogen-bond acceptors (Lipinski definition) is 4. The lowest BCUT2D eigenvalue weighted by Gasteiger charge is -2.19. The molecule has 7 nitrogen and oxygen atoms in total. The van der Waals surface area contributed by atoms with Gasteiger partial charge in [0.25, 0.3) is 0 Å². The van der Waals surface area contributed by atoms with Crippen molar-refractivity contribution in [3.05, 3.63) is 18.5 Å². The SMILES string of the molecule is CCNC(=NCCCn1cccn1)NCCS(=O)(=O)C(C)(C)C.I. The van der Waals surface area contributed by atoms with Gasteiger partial charge in [0.15, 0.2) is 15.8 Å². The highest BCUT2D eigenvalue weighted by Crippen LogP contribution is 2.15. The Morgan fingerprint density at radius 1 is 1.29 bits per heavy atom. The van der Waals surface area contributed by atoms with Crippen LogP contribution in [0.15, 0.2) is 23.5 Å². The molecule has 0 bridgehead atoms. The summed E-state index contributed by atoms with van der Waals surface area (Å²) >= 11 is 0. The molecule has 0 aliphatic heterocycles. The fourth-order valence-electron chi connectivity index (χ4n) is 1.81. The molecule has 0 aliphatic rings. The summed E-state index contributed by atoms with van der Waals surface area (Å²) < 4.78 is 25.3. The maximum absolute atomic E-state index is 12.1. The van der Waals surface area contributed by atoms with E-state index in [1.807, 2.05) is 23.9 Å². The fourth-order valence-corrected chi connectivity index (χ4v) is 2.79. The number of hydrogen-bond donors (Lipinski definition) is 2. The average Bonchev–Trinajstić information content (AvgIpc) is 2.95. The molecule has 0 aromatic carbocycles. The highest BCUT2D eigenvalue weighted by molar-refractivity contribution is 14.0. The maximum Gasteiger partial charge on any atom is 0.191 e. The van der Waals surface area contributed by atoms with E-state index in [0.29, 0.717) is 19.0 Å². The standard InChI is InChI=1S/C15H29N5O2S.HI/c1-5-16-14(17-8-6-11-20-12-7-9-19-20)18-10-13-23(21,22)15(2,3)4;/h7,9,12H,5-6,8,10-11,13H2,1-4H3,(H2,16,17,18);1H. The Bertz CT molecular complexity index is 580. The van der Waals surface area contributed by atoms with Gasteiger partial charge in [-0.05, 0) is 40.2 Å². The minimum atomic E-state index is -3.12. The topological polar surface area (TPSA) is 88.4 Å². The number of guanidine groups is 1. The Morgan fingerprint density at radius 3 is 2.54 bits per heavy atom. The van der Waals surface area contributed by atoms with Gasteiger partial charge in [0.2, 0.25) is 0 Å². The molecule has 0 spiro atoms. The number of nitrogens with one attached hydrogen (secondary N) is 2. The van der Waals surface area contributed by atoms with E-state index in [4.69, 9.17) is 0 Å². The normalized spacial score (nSPS) is 12.6. The molecule has 0 saturated heterocycles. The lowest BCUT2D eigenvalue weighted by molar-refractivity contribution is 0.559. The quantitative estimate of drug-likeness (QED) is 0.261. The van der Waals surface area contributed by atoms with Crippen LogP contribution in [0.4, 0.5) is 0 Å².